The fourth-order valence-corrected chi connectivity index (χ4v) is 5.11. The molecule has 1 unspecified atom stereocenters. The van der Waals surface area contributed by atoms with Gasteiger partial charge in [-0.15, -0.1) is 24.8 Å². The second-order valence-corrected chi connectivity index (χ2v) is 9.80. The molecule has 0 heterocycles. The summed E-state index contributed by atoms with van der Waals surface area (Å²) >= 11 is 0. The van der Waals surface area contributed by atoms with Gasteiger partial charge in [0, 0.05) is 24.2 Å². The van der Waals surface area contributed by atoms with Crippen LogP contribution in [0, 0.1) is 0 Å². The average molecular weight is 555 g/mol. The van der Waals surface area contributed by atoms with Crippen molar-refractivity contribution < 1.29 is 15.0 Å². The first-order chi connectivity index (χ1) is 17.0. The van der Waals surface area contributed by atoms with Crippen LogP contribution in [0.25, 0.3) is 0 Å². The summed E-state index contributed by atoms with van der Waals surface area (Å²) < 4.78 is 0. The van der Waals surface area contributed by atoms with Crippen LogP contribution in [0.4, 0.5) is 5.69 Å². The number of phenols is 2. The number of carbonyl (C=O) groups excluding carboxylic acids is 1. The fourth-order valence-electron chi connectivity index (χ4n) is 5.11. The van der Waals surface area contributed by atoms with Gasteiger partial charge in [0.1, 0.15) is 0 Å². The number of carbonyl (C=O) groups is 1. The summed E-state index contributed by atoms with van der Waals surface area (Å²) in [5.41, 5.74) is 4.25. The molecule has 1 amide bonds. The highest BCUT2D eigenvalue weighted by Crippen LogP contribution is 2.36. The third-order valence-corrected chi connectivity index (χ3v) is 6.98. The molecule has 1 aliphatic carbocycles. The Kier molecular flexibility index (Phi) is 15.6. The number of halogens is 2. The Balaban J connectivity index is 0.00000342. The number of nitrogens with zero attached hydrogens (tertiary/aromatic N) is 1. The van der Waals surface area contributed by atoms with Crippen LogP contribution in [0.3, 0.4) is 0 Å². The second kappa shape index (κ2) is 17.5. The maximum Gasteiger partial charge on any atom is 0.221 e. The fraction of sp³-hybridized carbons (Fsp3) is 0.552. The molecule has 8 heteroatoms. The Morgan fingerprint density at radius 1 is 0.973 bits per heavy atom. The van der Waals surface area contributed by atoms with Gasteiger partial charge in [-0.1, -0.05) is 38.0 Å². The summed E-state index contributed by atoms with van der Waals surface area (Å²) in [6.07, 6.45) is 9.93. The van der Waals surface area contributed by atoms with Crippen molar-refractivity contribution >= 4 is 36.4 Å². The Morgan fingerprint density at radius 3 is 2.41 bits per heavy atom. The van der Waals surface area contributed by atoms with E-state index in [2.05, 4.69) is 34.6 Å². The molecular weight excluding hydrogens is 509 g/mol. The number of amides is 1. The lowest BCUT2D eigenvalue weighted by Gasteiger charge is -2.35. The lowest BCUT2D eigenvalue weighted by atomic mass is 9.86. The number of phenolic OH excluding ortho intramolecular Hbond substituents is 2. The molecule has 6 nitrogen and oxygen atoms in total. The molecular formula is C29H45Cl2N3O3. The highest BCUT2D eigenvalue weighted by Gasteiger charge is 2.26. The number of anilines is 1. The van der Waals surface area contributed by atoms with Crippen molar-refractivity contribution in [3.8, 4) is 11.5 Å². The van der Waals surface area contributed by atoms with Crippen molar-refractivity contribution in [3.05, 3.63) is 53.1 Å². The van der Waals surface area contributed by atoms with Crippen LogP contribution >= 0.6 is 24.8 Å². The average Bonchev–Trinajstić information content (AvgIpc) is 2.85. The minimum Gasteiger partial charge on any atom is -0.504 e. The molecule has 0 saturated heterocycles. The van der Waals surface area contributed by atoms with E-state index in [9.17, 15) is 15.0 Å². The van der Waals surface area contributed by atoms with Crippen LogP contribution in [-0.2, 0) is 24.1 Å². The normalized spacial score (nSPS) is 14.4. The molecule has 0 aromatic heterocycles. The molecule has 1 aliphatic rings. The van der Waals surface area contributed by atoms with Crippen molar-refractivity contribution in [1.82, 2.24) is 10.2 Å². The molecule has 1 atom stereocenters. The zero-order valence-corrected chi connectivity index (χ0v) is 23.9. The lowest BCUT2D eigenvalue weighted by Crippen LogP contribution is -2.40. The van der Waals surface area contributed by atoms with Crippen molar-refractivity contribution in [2.45, 2.75) is 77.7 Å². The lowest BCUT2D eigenvalue weighted by molar-refractivity contribution is -0.114. The molecule has 3 rings (SSSR count). The summed E-state index contributed by atoms with van der Waals surface area (Å²) in [7, 11) is 0. The predicted octanol–water partition coefficient (Wildman–Crippen LogP) is 5.86. The second-order valence-electron chi connectivity index (χ2n) is 9.80. The summed E-state index contributed by atoms with van der Waals surface area (Å²) in [6.45, 7) is 8.06. The summed E-state index contributed by atoms with van der Waals surface area (Å²) in [5.74, 6) is 0.0382. The molecule has 0 radical (unpaired) electrons. The molecule has 0 spiro atoms. The third kappa shape index (κ3) is 10.7. The van der Waals surface area contributed by atoms with Gasteiger partial charge in [0.25, 0.3) is 0 Å². The predicted molar refractivity (Wildman–Crippen MR) is 158 cm³/mol. The zero-order valence-electron chi connectivity index (χ0n) is 22.3. The molecule has 208 valence electrons. The summed E-state index contributed by atoms with van der Waals surface area (Å²) in [4.78, 5) is 13.7. The number of fused-ring (bicyclic) bond motifs is 1. The quantitative estimate of drug-likeness (QED) is 0.174. The number of unbranched alkanes of at least 4 members (excludes halogenated alkanes) is 3. The van der Waals surface area contributed by atoms with Gasteiger partial charge in [-0.3, -0.25) is 4.79 Å². The van der Waals surface area contributed by atoms with Gasteiger partial charge in [0.15, 0.2) is 11.5 Å². The SMILES string of the molecule is CCCN(CCCCCCNCCc1ccc(NC(C)=O)cc1)C1CCc2c(ccc(O)c2O)C1.Cl.Cl. The number of hydrogen-bond donors (Lipinski definition) is 4. The van der Waals surface area contributed by atoms with Gasteiger partial charge in [-0.2, -0.15) is 0 Å². The number of hydrogen-bond acceptors (Lipinski definition) is 5. The van der Waals surface area contributed by atoms with E-state index in [0.29, 0.717) is 6.04 Å². The monoisotopic (exact) mass is 553 g/mol. The van der Waals surface area contributed by atoms with Crippen LogP contribution < -0.4 is 10.6 Å². The Labute approximate surface area is 235 Å². The maximum atomic E-state index is 11.1. The van der Waals surface area contributed by atoms with Crippen LogP contribution in [0.1, 0.15) is 69.1 Å². The summed E-state index contributed by atoms with van der Waals surface area (Å²) in [6, 6.07) is 12.2. The van der Waals surface area contributed by atoms with Crippen LogP contribution in [0.15, 0.2) is 36.4 Å². The van der Waals surface area contributed by atoms with Gasteiger partial charge in [0.2, 0.25) is 5.91 Å². The molecule has 4 N–H and O–H groups in total. The van der Waals surface area contributed by atoms with E-state index in [1.54, 1.807) is 6.07 Å². The Morgan fingerprint density at radius 2 is 1.70 bits per heavy atom. The topological polar surface area (TPSA) is 84.8 Å². The maximum absolute atomic E-state index is 11.1. The zero-order chi connectivity index (χ0) is 25.0. The number of nitrogens with one attached hydrogen (secondary N) is 2. The van der Waals surface area contributed by atoms with Crippen LogP contribution in [0.2, 0.25) is 0 Å². The van der Waals surface area contributed by atoms with Crippen LogP contribution in [-0.4, -0.2) is 53.2 Å². The smallest absolute Gasteiger partial charge is 0.221 e. The van der Waals surface area contributed by atoms with E-state index in [1.807, 2.05) is 18.2 Å². The minimum atomic E-state index is -0.0414. The largest absolute Gasteiger partial charge is 0.504 e. The van der Waals surface area contributed by atoms with E-state index in [1.165, 1.54) is 43.7 Å². The standard InChI is InChI=1S/C29H43N3O3.2ClH/c1-3-19-32(26-13-14-27-24(21-26)10-15-28(34)29(27)35)20-7-5-4-6-17-30-18-16-23-8-11-25(12-9-23)31-22(2)33;;/h8-12,15,26,30,34-35H,3-7,13-14,16-21H2,1-2H3,(H,31,33);2*1H. The third-order valence-electron chi connectivity index (χ3n) is 6.98. The van der Waals surface area contributed by atoms with E-state index in [4.69, 9.17) is 0 Å². The molecule has 0 saturated carbocycles. The van der Waals surface area contributed by atoms with Crippen molar-refractivity contribution in [3.63, 3.8) is 0 Å². The van der Waals surface area contributed by atoms with Crippen molar-refractivity contribution in [2.75, 3.05) is 31.5 Å². The van der Waals surface area contributed by atoms with E-state index >= 15 is 0 Å². The Hall–Kier alpha value is -1.99. The summed E-state index contributed by atoms with van der Waals surface area (Å²) in [5, 5.41) is 26.3. The van der Waals surface area contributed by atoms with Crippen molar-refractivity contribution in [1.29, 1.82) is 0 Å². The van der Waals surface area contributed by atoms with Gasteiger partial charge in [-0.05, 0) is 100 Å². The van der Waals surface area contributed by atoms with Crippen LogP contribution in [0.5, 0.6) is 11.5 Å². The number of aromatic hydroxyl groups is 2. The van der Waals surface area contributed by atoms with Crippen molar-refractivity contribution in [2.24, 2.45) is 0 Å². The van der Waals surface area contributed by atoms with Gasteiger partial charge in [-0.25, -0.2) is 0 Å². The molecule has 37 heavy (non-hydrogen) atoms. The first kappa shape index (κ1) is 33.0. The Bertz CT molecular complexity index is 941. The first-order valence-corrected chi connectivity index (χ1v) is 13.3. The molecule has 0 fully saturated rings. The molecule has 0 bridgehead atoms. The number of rotatable bonds is 14. The number of benzene rings is 2. The molecule has 0 aliphatic heterocycles. The minimum absolute atomic E-state index is 0. The van der Waals surface area contributed by atoms with E-state index in [0.717, 1.165) is 69.5 Å². The molecule has 2 aromatic carbocycles. The van der Waals surface area contributed by atoms with E-state index in [-0.39, 0.29) is 42.2 Å². The molecule has 2 aromatic rings. The van der Waals surface area contributed by atoms with Gasteiger partial charge >= 0.3 is 0 Å². The highest BCUT2D eigenvalue weighted by atomic mass is 35.5. The highest BCUT2D eigenvalue weighted by molar-refractivity contribution is 5.88. The van der Waals surface area contributed by atoms with Gasteiger partial charge in [0.05, 0.1) is 0 Å². The first-order valence-electron chi connectivity index (χ1n) is 13.3. The van der Waals surface area contributed by atoms with Gasteiger partial charge < -0.3 is 25.7 Å². The van der Waals surface area contributed by atoms with E-state index < -0.39 is 0 Å².